The molecule has 1 aromatic carbocycles. The molecule has 2 heterocycles. The molecule has 1 aliphatic heterocycles. The number of hydrogen-bond acceptors (Lipinski definition) is 2. The van der Waals surface area contributed by atoms with Gasteiger partial charge in [0, 0.05) is 25.1 Å². The molecule has 2 aromatic rings. The maximum absolute atomic E-state index is 13.9. The Bertz CT molecular complexity index is 714. The summed E-state index contributed by atoms with van der Waals surface area (Å²) < 4.78 is 29.0. The lowest BCUT2D eigenvalue weighted by Gasteiger charge is -2.15. The monoisotopic (exact) mass is 313 g/mol. The number of nitrogens with one attached hydrogen (secondary N) is 1. The zero-order valence-corrected chi connectivity index (χ0v) is 12.1. The first-order chi connectivity index (χ1) is 9.95. The van der Waals surface area contributed by atoms with Gasteiger partial charge in [0.2, 0.25) is 5.91 Å². The Balaban J connectivity index is 2.09. The minimum atomic E-state index is -0.710. The molecular formula is C14H14ClF2N3O. The lowest BCUT2D eigenvalue weighted by Crippen LogP contribution is -2.30. The second kappa shape index (κ2) is 5.26. The number of imidazole rings is 1. The van der Waals surface area contributed by atoms with Crippen LogP contribution in [0.5, 0.6) is 0 Å². The van der Waals surface area contributed by atoms with Crippen LogP contribution in [0.2, 0.25) is 0 Å². The Morgan fingerprint density at radius 3 is 2.90 bits per heavy atom. The molecule has 1 aliphatic rings. The summed E-state index contributed by atoms with van der Waals surface area (Å²) in [6, 6.07) is 1.97. The Morgan fingerprint density at radius 1 is 1.52 bits per heavy atom. The Morgan fingerprint density at radius 2 is 2.29 bits per heavy atom. The molecule has 1 saturated heterocycles. The molecule has 1 aromatic heterocycles. The number of hydrogen-bond donors (Lipinski definition) is 1. The van der Waals surface area contributed by atoms with E-state index in [1.807, 2.05) is 0 Å². The molecule has 21 heavy (non-hydrogen) atoms. The number of carbonyl (C=O) groups is 1. The van der Waals surface area contributed by atoms with Crippen molar-refractivity contribution in [3.8, 4) is 0 Å². The van der Waals surface area contributed by atoms with Gasteiger partial charge in [-0.05, 0) is 19.4 Å². The molecule has 0 saturated carbocycles. The van der Waals surface area contributed by atoms with Gasteiger partial charge in [0.05, 0.1) is 10.9 Å². The molecule has 3 rings (SSSR count). The van der Waals surface area contributed by atoms with Crippen molar-refractivity contribution in [2.45, 2.75) is 37.7 Å². The van der Waals surface area contributed by atoms with E-state index < -0.39 is 17.0 Å². The molecule has 4 nitrogen and oxygen atoms in total. The second-order valence-corrected chi connectivity index (χ2v) is 5.91. The smallest absolute Gasteiger partial charge is 0.220 e. The van der Waals surface area contributed by atoms with Crippen molar-refractivity contribution in [1.29, 1.82) is 0 Å². The zero-order valence-electron chi connectivity index (χ0n) is 11.4. The summed E-state index contributed by atoms with van der Waals surface area (Å²) in [6.45, 7) is 2.12. The number of fused-ring (bicyclic) bond motifs is 1. The fraction of sp³-hybridized carbons (Fsp3) is 0.429. The molecule has 1 amide bonds. The van der Waals surface area contributed by atoms with Crippen molar-refractivity contribution >= 4 is 28.5 Å². The van der Waals surface area contributed by atoms with Crippen LogP contribution in [-0.2, 0) is 11.3 Å². The lowest BCUT2D eigenvalue weighted by molar-refractivity contribution is -0.119. The minimum absolute atomic E-state index is 0.0118. The Hall–Kier alpha value is -1.69. The molecule has 1 N–H and O–H groups in total. The van der Waals surface area contributed by atoms with Crippen LogP contribution in [0.1, 0.15) is 31.0 Å². The van der Waals surface area contributed by atoms with E-state index in [0.717, 1.165) is 6.07 Å². The zero-order chi connectivity index (χ0) is 15.1. The van der Waals surface area contributed by atoms with Gasteiger partial charge in [0.15, 0.2) is 5.82 Å². The summed E-state index contributed by atoms with van der Waals surface area (Å²) in [7, 11) is 0. The van der Waals surface area contributed by atoms with E-state index in [1.54, 1.807) is 11.5 Å². The Labute approximate surface area is 125 Å². The third-order valence-electron chi connectivity index (χ3n) is 3.65. The second-order valence-electron chi connectivity index (χ2n) is 5.26. The van der Waals surface area contributed by atoms with Crippen LogP contribution in [0.15, 0.2) is 12.1 Å². The number of benzene rings is 1. The third-order valence-corrected chi connectivity index (χ3v) is 3.84. The maximum Gasteiger partial charge on any atom is 0.220 e. The van der Waals surface area contributed by atoms with Crippen molar-refractivity contribution in [2.75, 3.05) is 0 Å². The highest BCUT2D eigenvalue weighted by Gasteiger charge is 2.25. The molecule has 1 fully saturated rings. The summed E-state index contributed by atoms with van der Waals surface area (Å²) in [5, 5.41) is 2.39. The van der Waals surface area contributed by atoms with Crippen LogP contribution < -0.4 is 5.32 Å². The van der Waals surface area contributed by atoms with E-state index in [-0.39, 0.29) is 17.5 Å². The summed E-state index contributed by atoms with van der Waals surface area (Å²) in [5.74, 6) is -0.914. The van der Waals surface area contributed by atoms with Gasteiger partial charge in [-0.3, -0.25) is 4.79 Å². The fourth-order valence-corrected chi connectivity index (χ4v) is 2.86. The highest BCUT2D eigenvalue weighted by atomic mass is 35.5. The third kappa shape index (κ3) is 2.60. The number of alkyl halides is 1. The molecule has 0 radical (unpaired) electrons. The van der Waals surface area contributed by atoms with Crippen molar-refractivity contribution < 1.29 is 13.6 Å². The van der Waals surface area contributed by atoms with Crippen molar-refractivity contribution in [3.05, 3.63) is 29.6 Å². The number of amides is 1. The lowest BCUT2D eigenvalue weighted by atomic mass is 10.2. The SMILES string of the molecule is CC(Cl)c1nc2c(F)cc(F)cc2n1CC1CCC(=O)N1. The molecule has 0 bridgehead atoms. The van der Waals surface area contributed by atoms with E-state index >= 15 is 0 Å². The summed E-state index contributed by atoms with van der Waals surface area (Å²) >= 11 is 6.10. The normalized spacial score (nSPS) is 20.0. The first kappa shape index (κ1) is 14.3. The van der Waals surface area contributed by atoms with Gasteiger partial charge in [-0.15, -0.1) is 11.6 Å². The summed E-state index contributed by atoms with van der Waals surface area (Å²) in [5.41, 5.74) is 0.458. The van der Waals surface area contributed by atoms with Gasteiger partial charge in [0.25, 0.3) is 0 Å². The van der Waals surface area contributed by atoms with Gasteiger partial charge in [-0.1, -0.05) is 0 Å². The average Bonchev–Trinajstić information content (AvgIpc) is 2.95. The minimum Gasteiger partial charge on any atom is -0.352 e. The molecule has 112 valence electrons. The largest absolute Gasteiger partial charge is 0.352 e. The number of halogens is 3. The van der Waals surface area contributed by atoms with Crippen LogP contribution >= 0.6 is 11.6 Å². The quantitative estimate of drug-likeness (QED) is 0.886. The average molecular weight is 314 g/mol. The van der Waals surface area contributed by atoms with E-state index in [1.165, 1.54) is 6.07 Å². The molecule has 0 spiro atoms. The molecule has 2 atom stereocenters. The van der Waals surface area contributed by atoms with Crippen LogP contribution in [0.3, 0.4) is 0 Å². The van der Waals surface area contributed by atoms with Gasteiger partial charge >= 0.3 is 0 Å². The topological polar surface area (TPSA) is 46.9 Å². The fourth-order valence-electron chi connectivity index (χ4n) is 2.70. The Kier molecular flexibility index (Phi) is 3.57. The maximum atomic E-state index is 13.9. The van der Waals surface area contributed by atoms with Crippen molar-refractivity contribution in [2.24, 2.45) is 0 Å². The van der Waals surface area contributed by atoms with E-state index in [9.17, 15) is 13.6 Å². The first-order valence-corrected chi connectivity index (χ1v) is 7.18. The number of nitrogens with zero attached hydrogens (tertiary/aromatic N) is 2. The summed E-state index contributed by atoms with van der Waals surface area (Å²) in [4.78, 5) is 15.5. The first-order valence-electron chi connectivity index (χ1n) is 6.74. The van der Waals surface area contributed by atoms with Crippen LogP contribution in [0.4, 0.5) is 8.78 Å². The van der Waals surface area contributed by atoms with Gasteiger partial charge < -0.3 is 9.88 Å². The molecule has 2 unspecified atom stereocenters. The predicted octanol–water partition coefficient (Wildman–Crippen LogP) is 2.89. The highest BCUT2D eigenvalue weighted by Crippen LogP contribution is 2.28. The van der Waals surface area contributed by atoms with E-state index in [4.69, 9.17) is 11.6 Å². The number of rotatable bonds is 3. The molecule has 7 heteroatoms. The predicted molar refractivity (Wildman–Crippen MR) is 75.1 cm³/mol. The van der Waals surface area contributed by atoms with E-state index in [2.05, 4.69) is 10.3 Å². The molecule has 0 aliphatic carbocycles. The van der Waals surface area contributed by atoms with Crippen LogP contribution in [0, 0.1) is 11.6 Å². The van der Waals surface area contributed by atoms with Gasteiger partial charge in [-0.25, -0.2) is 13.8 Å². The highest BCUT2D eigenvalue weighted by molar-refractivity contribution is 6.20. The molecular weight excluding hydrogens is 300 g/mol. The van der Waals surface area contributed by atoms with Crippen molar-refractivity contribution in [1.82, 2.24) is 14.9 Å². The standard InChI is InChI=1S/C14H14ClF2N3O/c1-7(15)14-19-13-10(17)4-8(16)5-11(13)20(14)6-9-2-3-12(21)18-9/h4-5,7,9H,2-3,6H2,1H3,(H,18,21). The summed E-state index contributed by atoms with van der Waals surface area (Å²) in [6.07, 6.45) is 1.15. The number of carbonyl (C=O) groups excluding carboxylic acids is 1. The van der Waals surface area contributed by atoms with E-state index in [0.29, 0.717) is 30.7 Å². The van der Waals surface area contributed by atoms with Gasteiger partial charge in [0.1, 0.15) is 17.2 Å². The van der Waals surface area contributed by atoms with Crippen LogP contribution in [-0.4, -0.2) is 21.5 Å². The number of aromatic nitrogens is 2. The van der Waals surface area contributed by atoms with Gasteiger partial charge in [-0.2, -0.15) is 0 Å². The van der Waals surface area contributed by atoms with Crippen LogP contribution in [0.25, 0.3) is 11.0 Å². The van der Waals surface area contributed by atoms with Crippen molar-refractivity contribution in [3.63, 3.8) is 0 Å².